The van der Waals surface area contributed by atoms with Crippen LogP contribution in [0.2, 0.25) is 0 Å². The second-order valence-corrected chi connectivity index (χ2v) is 12.6. The van der Waals surface area contributed by atoms with Crippen LogP contribution in [0, 0.1) is 0 Å². The highest BCUT2D eigenvalue weighted by Crippen LogP contribution is 2.38. The second-order valence-electron chi connectivity index (χ2n) is 12.6. The monoisotopic (exact) mass is 642 g/mol. The number of rotatable bonds is 5. The summed E-state index contributed by atoms with van der Waals surface area (Å²) in [6.45, 7) is 0. The van der Waals surface area contributed by atoms with Crippen LogP contribution in [0.1, 0.15) is 17.4 Å². The fourth-order valence-electron chi connectivity index (χ4n) is 7.34. The van der Waals surface area contributed by atoms with Crippen molar-refractivity contribution in [3.05, 3.63) is 181 Å². The van der Waals surface area contributed by atoms with Crippen LogP contribution >= 0.6 is 0 Å². The molecule has 1 aliphatic rings. The summed E-state index contributed by atoms with van der Waals surface area (Å²) < 4.78 is 8.82. The highest BCUT2D eigenvalue weighted by Gasteiger charge is 2.25. The van der Waals surface area contributed by atoms with Crippen molar-refractivity contribution in [3.63, 3.8) is 0 Å². The number of nitrogens with one attached hydrogen (secondary N) is 1. The molecule has 5 heteroatoms. The zero-order valence-electron chi connectivity index (χ0n) is 27.0. The van der Waals surface area contributed by atoms with Gasteiger partial charge in [0.25, 0.3) is 0 Å². The Morgan fingerprint density at radius 3 is 1.80 bits per heavy atom. The summed E-state index contributed by atoms with van der Waals surface area (Å²) in [5.74, 6) is 1.42. The maximum atomic E-state index is 6.54. The van der Waals surface area contributed by atoms with E-state index in [0.29, 0.717) is 5.84 Å². The predicted molar refractivity (Wildman–Crippen MR) is 206 cm³/mol. The van der Waals surface area contributed by atoms with E-state index in [2.05, 4.69) is 149 Å². The lowest BCUT2D eigenvalue weighted by molar-refractivity contribution is 0.516. The molecule has 0 aliphatic carbocycles. The van der Waals surface area contributed by atoms with Gasteiger partial charge in [0.15, 0.2) is 5.84 Å². The molecule has 1 N–H and O–H groups in total. The topological polar surface area (TPSA) is 54.8 Å². The minimum atomic E-state index is -0.417. The molecule has 9 aromatic rings. The van der Waals surface area contributed by atoms with Crippen molar-refractivity contribution in [2.75, 3.05) is 0 Å². The van der Waals surface area contributed by atoms with Gasteiger partial charge in [0.2, 0.25) is 6.29 Å². The standard InChI is InChI=1S/C45H30N4O/c1-3-12-29(13-4-1)30-22-24-31(25-23-30)34-18-11-21-40-42(34)37-27-26-33(28-41(37)50-40)44-46-43(32-14-5-2-6-15-32)47-45(48-44)49-38-19-9-7-16-35(38)36-17-8-10-20-39(36)49/h1-28,45H,(H,46,47,48). The average molecular weight is 643 g/mol. The van der Waals surface area contributed by atoms with Gasteiger partial charge in [-0.2, -0.15) is 0 Å². The van der Waals surface area contributed by atoms with E-state index in [4.69, 9.17) is 14.4 Å². The molecule has 50 heavy (non-hydrogen) atoms. The molecule has 0 radical (unpaired) electrons. The van der Waals surface area contributed by atoms with Gasteiger partial charge in [-0.1, -0.05) is 140 Å². The first kappa shape index (κ1) is 28.3. The zero-order chi connectivity index (χ0) is 33.0. The number of amidine groups is 2. The Balaban J connectivity index is 1.10. The predicted octanol–water partition coefficient (Wildman–Crippen LogP) is 11.0. The van der Waals surface area contributed by atoms with E-state index in [9.17, 15) is 0 Å². The molecule has 1 unspecified atom stereocenters. The van der Waals surface area contributed by atoms with Crippen LogP contribution < -0.4 is 5.32 Å². The van der Waals surface area contributed by atoms with Crippen LogP contribution in [0.3, 0.4) is 0 Å². The molecule has 0 spiro atoms. The van der Waals surface area contributed by atoms with E-state index in [-0.39, 0.29) is 0 Å². The highest BCUT2D eigenvalue weighted by atomic mass is 16.3. The van der Waals surface area contributed by atoms with E-state index < -0.39 is 6.29 Å². The van der Waals surface area contributed by atoms with Crippen LogP contribution in [0.4, 0.5) is 0 Å². The van der Waals surface area contributed by atoms with Gasteiger partial charge in [0.1, 0.15) is 17.0 Å². The van der Waals surface area contributed by atoms with Crippen LogP contribution in [0.15, 0.2) is 184 Å². The lowest BCUT2D eigenvalue weighted by Crippen LogP contribution is -2.36. The maximum Gasteiger partial charge on any atom is 0.204 e. The molecular formula is C45H30N4O. The normalized spacial score (nSPS) is 14.6. The van der Waals surface area contributed by atoms with Crippen molar-refractivity contribution >= 4 is 55.4 Å². The van der Waals surface area contributed by atoms with Crippen LogP contribution in [0.5, 0.6) is 0 Å². The Morgan fingerprint density at radius 2 is 1.08 bits per heavy atom. The molecule has 236 valence electrons. The molecule has 5 nitrogen and oxygen atoms in total. The van der Waals surface area contributed by atoms with Gasteiger partial charge < -0.3 is 14.3 Å². The number of furan rings is 1. The Bertz CT molecular complexity index is 2720. The molecule has 0 saturated carbocycles. The number of benzene rings is 7. The summed E-state index contributed by atoms with van der Waals surface area (Å²) in [5.41, 5.74) is 10.5. The molecule has 0 amide bonds. The number of aliphatic imine (C=N–C) groups is 2. The number of aromatic nitrogens is 1. The highest BCUT2D eigenvalue weighted by molar-refractivity contribution is 6.17. The first-order valence-corrected chi connectivity index (χ1v) is 16.9. The molecule has 2 aromatic heterocycles. The molecule has 1 aliphatic heterocycles. The fourth-order valence-corrected chi connectivity index (χ4v) is 7.34. The number of nitrogens with zero attached hydrogens (tertiary/aromatic N) is 3. The van der Waals surface area contributed by atoms with Gasteiger partial charge in [-0.25, -0.2) is 9.98 Å². The van der Waals surface area contributed by atoms with Crippen LogP contribution in [0.25, 0.3) is 66.0 Å². The van der Waals surface area contributed by atoms with E-state index in [0.717, 1.165) is 61.1 Å². The molecule has 0 fully saturated rings. The van der Waals surface area contributed by atoms with Crippen molar-refractivity contribution in [2.24, 2.45) is 9.98 Å². The summed E-state index contributed by atoms with van der Waals surface area (Å²) >= 11 is 0. The Labute approximate surface area is 288 Å². The quantitative estimate of drug-likeness (QED) is 0.203. The van der Waals surface area contributed by atoms with Crippen LogP contribution in [-0.2, 0) is 0 Å². The van der Waals surface area contributed by atoms with Crippen molar-refractivity contribution in [1.29, 1.82) is 0 Å². The fraction of sp³-hybridized carbons (Fsp3) is 0.0222. The Kier molecular flexibility index (Phi) is 6.49. The van der Waals surface area contributed by atoms with Crippen LogP contribution in [-0.4, -0.2) is 16.2 Å². The summed E-state index contributed by atoms with van der Waals surface area (Å²) in [6, 6.07) is 59.1. The van der Waals surface area contributed by atoms with Gasteiger partial charge in [-0.15, -0.1) is 0 Å². The lowest BCUT2D eigenvalue weighted by Gasteiger charge is -2.25. The van der Waals surface area contributed by atoms with Gasteiger partial charge in [0.05, 0.1) is 11.0 Å². The summed E-state index contributed by atoms with van der Waals surface area (Å²) in [6.07, 6.45) is -0.417. The van der Waals surface area contributed by atoms with E-state index in [1.165, 1.54) is 21.9 Å². The third-order valence-corrected chi connectivity index (χ3v) is 9.70. The summed E-state index contributed by atoms with van der Waals surface area (Å²) in [5, 5.41) is 8.21. The smallest absolute Gasteiger partial charge is 0.204 e. The zero-order valence-corrected chi connectivity index (χ0v) is 27.0. The Morgan fingerprint density at radius 1 is 0.480 bits per heavy atom. The van der Waals surface area contributed by atoms with Crippen molar-refractivity contribution < 1.29 is 4.42 Å². The Hall–Kier alpha value is -6.72. The van der Waals surface area contributed by atoms with Crippen molar-refractivity contribution in [1.82, 2.24) is 9.88 Å². The van der Waals surface area contributed by atoms with E-state index >= 15 is 0 Å². The number of hydrogen-bond acceptors (Lipinski definition) is 4. The first-order valence-electron chi connectivity index (χ1n) is 16.9. The average Bonchev–Trinajstić information content (AvgIpc) is 3.74. The third kappa shape index (κ3) is 4.63. The molecule has 10 rings (SSSR count). The second kappa shape index (κ2) is 11.5. The lowest BCUT2D eigenvalue weighted by atomic mass is 9.96. The van der Waals surface area contributed by atoms with Gasteiger partial charge >= 0.3 is 0 Å². The number of para-hydroxylation sites is 2. The molecule has 7 aromatic carbocycles. The summed E-state index contributed by atoms with van der Waals surface area (Å²) in [4.78, 5) is 10.4. The van der Waals surface area contributed by atoms with Crippen molar-refractivity contribution in [2.45, 2.75) is 6.29 Å². The number of fused-ring (bicyclic) bond motifs is 6. The molecule has 3 heterocycles. The molecular weight excluding hydrogens is 613 g/mol. The summed E-state index contributed by atoms with van der Waals surface area (Å²) in [7, 11) is 0. The third-order valence-electron chi connectivity index (χ3n) is 9.70. The maximum absolute atomic E-state index is 6.54. The minimum absolute atomic E-state index is 0.417. The largest absolute Gasteiger partial charge is 0.456 e. The molecule has 0 saturated heterocycles. The van der Waals surface area contributed by atoms with Gasteiger partial charge in [-0.05, 0) is 52.6 Å². The number of hydrogen-bond donors (Lipinski definition) is 1. The first-order chi connectivity index (χ1) is 24.8. The van der Waals surface area contributed by atoms with Crippen molar-refractivity contribution in [3.8, 4) is 22.3 Å². The van der Waals surface area contributed by atoms with E-state index in [1.54, 1.807) is 0 Å². The van der Waals surface area contributed by atoms with Gasteiger partial charge in [0, 0.05) is 32.7 Å². The van der Waals surface area contributed by atoms with E-state index in [1.807, 2.05) is 30.3 Å². The van der Waals surface area contributed by atoms with Gasteiger partial charge in [-0.3, -0.25) is 0 Å². The molecule has 1 atom stereocenters. The molecule has 0 bridgehead atoms. The minimum Gasteiger partial charge on any atom is -0.456 e. The SMILES string of the molecule is c1ccc(C2=NC(c3ccc4c(c3)oc3cccc(-c5ccc(-c6ccccc6)cc5)c34)=NC(n3c4ccccc4c4ccccc43)N2)cc1.